The Hall–Kier alpha value is -1.75. The molecule has 1 aromatic rings. The van der Waals surface area contributed by atoms with E-state index in [9.17, 15) is 9.90 Å². The van der Waals surface area contributed by atoms with Crippen molar-refractivity contribution >= 4 is 6.03 Å². The maximum Gasteiger partial charge on any atom is 0.317 e. The summed E-state index contributed by atoms with van der Waals surface area (Å²) in [4.78, 5) is 14.2. The number of rotatable bonds is 6. The number of aliphatic hydroxyl groups is 1. The zero-order valence-electron chi connectivity index (χ0n) is 15.9. The molecule has 1 aliphatic rings. The van der Waals surface area contributed by atoms with Gasteiger partial charge in [0.1, 0.15) is 5.75 Å². The molecule has 0 radical (unpaired) electrons. The monoisotopic (exact) mass is 348 g/mol. The Morgan fingerprint density at radius 2 is 2.04 bits per heavy atom. The second-order valence-electron chi connectivity index (χ2n) is 7.40. The van der Waals surface area contributed by atoms with Crippen LogP contribution in [0.15, 0.2) is 24.3 Å². The van der Waals surface area contributed by atoms with Crippen molar-refractivity contribution in [3.05, 3.63) is 29.8 Å². The second kappa shape index (κ2) is 9.09. The summed E-state index contributed by atoms with van der Waals surface area (Å²) in [6.07, 6.45) is 3.89. The van der Waals surface area contributed by atoms with Crippen molar-refractivity contribution in [1.29, 1.82) is 0 Å². The third-order valence-corrected chi connectivity index (χ3v) is 4.79. The highest BCUT2D eigenvalue weighted by molar-refractivity contribution is 5.74. The summed E-state index contributed by atoms with van der Waals surface area (Å²) >= 11 is 0. The molecule has 0 heterocycles. The number of nitrogens with one attached hydrogen (secondary N) is 1. The lowest BCUT2D eigenvalue weighted by Crippen LogP contribution is -2.43. The number of aliphatic hydroxyl groups excluding tert-OH is 1. The van der Waals surface area contributed by atoms with Gasteiger partial charge in [0.05, 0.1) is 18.2 Å². The first-order valence-corrected chi connectivity index (χ1v) is 9.33. The van der Waals surface area contributed by atoms with Crippen LogP contribution in [-0.4, -0.2) is 41.8 Å². The summed E-state index contributed by atoms with van der Waals surface area (Å²) in [5.41, 5.74) is 1.01. The molecule has 0 saturated heterocycles. The summed E-state index contributed by atoms with van der Waals surface area (Å²) in [6.45, 7) is 6.55. The van der Waals surface area contributed by atoms with Gasteiger partial charge in [0.25, 0.3) is 0 Å². The van der Waals surface area contributed by atoms with Crippen molar-refractivity contribution in [1.82, 2.24) is 10.2 Å². The molecule has 5 nitrogen and oxygen atoms in total. The minimum absolute atomic E-state index is 0.109. The quantitative estimate of drug-likeness (QED) is 0.823. The number of hydrogen-bond donors (Lipinski definition) is 2. The van der Waals surface area contributed by atoms with E-state index >= 15 is 0 Å². The molecule has 2 amide bonds. The van der Waals surface area contributed by atoms with Crippen LogP contribution in [0.1, 0.15) is 58.1 Å². The molecule has 1 aromatic carbocycles. The van der Waals surface area contributed by atoms with Crippen LogP contribution in [0.2, 0.25) is 0 Å². The first kappa shape index (κ1) is 19.6. The lowest BCUT2D eigenvalue weighted by Gasteiger charge is -2.31. The average Bonchev–Trinajstić information content (AvgIpc) is 2.56. The molecular formula is C20H32N2O3. The van der Waals surface area contributed by atoms with E-state index in [0.717, 1.165) is 37.0 Å². The molecule has 0 bridgehead atoms. The standard InChI is InChI=1S/C20H32N2O3/c1-14(2)25-18-10-7-9-16(12-18)15(3)21-20(24)22(4)13-17-8-5-6-11-19(17)23/h7,9-10,12,14-15,17,19,23H,5-6,8,11,13H2,1-4H3,(H,21,24). The molecule has 25 heavy (non-hydrogen) atoms. The number of hydrogen-bond acceptors (Lipinski definition) is 3. The number of carbonyl (C=O) groups is 1. The fraction of sp³-hybridized carbons (Fsp3) is 0.650. The van der Waals surface area contributed by atoms with Gasteiger partial charge in [0, 0.05) is 19.5 Å². The second-order valence-corrected chi connectivity index (χ2v) is 7.40. The molecule has 3 atom stereocenters. The highest BCUT2D eigenvalue weighted by Gasteiger charge is 2.26. The van der Waals surface area contributed by atoms with E-state index in [2.05, 4.69) is 5.32 Å². The van der Waals surface area contributed by atoms with Crippen LogP contribution in [0.3, 0.4) is 0 Å². The number of urea groups is 1. The Balaban J connectivity index is 1.90. The Bertz CT molecular complexity index is 562. The van der Waals surface area contributed by atoms with Crippen LogP contribution in [0.4, 0.5) is 4.79 Å². The predicted molar refractivity (Wildman–Crippen MR) is 99.7 cm³/mol. The average molecular weight is 348 g/mol. The molecule has 0 aliphatic heterocycles. The first-order chi connectivity index (χ1) is 11.9. The smallest absolute Gasteiger partial charge is 0.317 e. The summed E-state index contributed by atoms with van der Waals surface area (Å²) in [6, 6.07) is 7.60. The summed E-state index contributed by atoms with van der Waals surface area (Å²) in [5, 5.41) is 13.1. The van der Waals surface area contributed by atoms with Crippen molar-refractivity contribution in [2.45, 2.75) is 64.7 Å². The van der Waals surface area contributed by atoms with Crippen LogP contribution in [0.25, 0.3) is 0 Å². The highest BCUT2D eigenvalue weighted by atomic mass is 16.5. The molecule has 0 spiro atoms. The first-order valence-electron chi connectivity index (χ1n) is 9.33. The van der Waals surface area contributed by atoms with Crippen molar-refractivity contribution < 1.29 is 14.6 Å². The number of benzene rings is 1. The van der Waals surface area contributed by atoms with Gasteiger partial charge in [-0.3, -0.25) is 0 Å². The third-order valence-electron chi connectivity index (χ3n) is 4.79. The van der Waals surface area contributed by atoms with E-state index in [0.29, 0.717) is 6.54 Å². The van der Waals surface area contributed by atoms with Gasteiger partial charge in [-0.05, 0) is 51.3 Å². The van der Waals surface area contributed by atoms with Gasteiger partial charge < -0.3 is 20.1 Å². The number of nitrogens with zero attached hydrogens (tertiary/aromatic N) is 1. The number of ether oxygens (including phenoxy) is 1. The minimum atomic E-state index is -0.286. The Morgan fingerprint density at radius 1 is 1.32 bits per heavy atom. The van der Waals surface area contributed by atoms with Crippen LogP contribution >= 0.6 is 0 Å². The maximum absolute atomic E-state index is 12.5. The summed E-state index contributed by atoms with van der Waals surface area (Å²) in [7, 11) is 1.79. The van der Waals surface area contributed by atoms with Gasteiger partial charge >= 0.3 is 6.03 Å². The van der Waals surface area contributed by atoms with Gasteiger partial charge in [0.2, 0.25) is 0 Å². The maximum atomic E-state index is 12.5. The van der Waals surface area contributed by atoms with Gasteiger partial charge in [0.15, 0.2) is 0 Å². The van der Waals surface area contributed by atoms with Crippen LogP contribution in [0.5, 0.6) is 5.75 Å². The van der Waals surface area contributed by atoms with E-state index in [4.69, 9.17) is 4.74 Å². The molecular weight excluding hydrogens is 316 g/mol. The fourth-order valence-electron chi connectivity index (χ4n) is 3.34. The molecule has 3 unspecified atom stereocenters. The number of carbonyl (C=O) groups excluding carboxylic acids is 1. The van der Waals surface area contributed by atoms with Crippen molar-refractivity contribution in [3.8, 4) is 5.75 Å². The zero-order valence-corrected chi connectivity index (χ0v) is 15.9. The Morgan fingerprint density at radius 3 is 2.72 bits per heavy atom. The zero-order chi connectivity index (χ0) is 18.4. The minimum Gasteiger partial charge on any atom is -0.491 e. The van der Waals surface area contributed by atoms with Gasteiger partial charge in [-0.15, -0.1) is 0 Å². The van der Waals surface area contributed by atoms with E-state index in [1.54, 1.807) is 11.9 Å². The van der Waals surface area contributed by atoms with Crippen molar-refractivity contribution in [3.63, 3.8) is 0 Å². The van der Waals surface area contributed by atoms with Gasteiger partial charge in [-0.2, -0.15) is 0 Å². The van der Waals surface area contributed by atoms with Crippen molar-refractivity contribution in [2.75, 3.05) is 13.6 Å². The van der Waals surface area contributed by atoms with E-state index < -0.39 is 0 Å². The lowest BCUT2D eigenvalue weighted by molar-refractivity contribution is 0.0563. The molecule has 5 heteroatoms. The van der Waals surface area contributed by atoms with Gasteiger partial charge in [-0.1, -0.05) is 25.0 Å². The highest BCUT2D eigenvalue weighted by Crippen LogP contribution is 2.25. The topological polar surface area (TPSA) is 61.8 Å². The molecule has 2 rings (SSSR count). The third kappa shape index (κ3) is 5.92. The Kier molecular flexibility index (Phi) is 7.12. The fourth-order valence-corrected chi connectivity index (χ4v) is 3.34. The molecule has 1 aliphatic carbocycles. The van der Waals surface area contributed by atoms with Crippen LogP contribution in [-0.2, 0) is 0 Å². The van der Waals surface area contributed by atoms with E-state index in [1.807, 2.05) is 45.0 Å². The summed E-state index contributed by atoms with van der Waals surface area (Å²) in [5.74, 6) is 0.995. The molecule has 140 valence electrons. The van der Waals surface area contributed by atoms with Crippen LogP contribution < -0.4 is 10.1 Å². The van der Waals surface area contributed by atoms with Gasteiger partial charge in [-0.25, -0.2) is 4.79 Å². The van der Waals surface area contributed by atoms with Crippen molar-refractivity contribution in [2.24, 2.45) is 5.92 Å². The normalized spacial score (nSPS) is 21.7. The van der Waals surface area contributed by atoms with E-state index in [-0.39, 0.29) is 30.2 Å². The largest absolute Gasteiger partial charge is 0.491 e. The Labute approximate surface area is 151 Å². The molecule has 2 N–H and O–H groups in total. The molecule has 1 fully saturated rings. The lowest BCUT2D eigenvalue weighted by atomic mass is 9.86. The molecule has 1 saturated carbocycles. The van der Waals surface area contributed by atoms with E-state index in [1.165, 1.54) is 0 Å². The molecule has 0 aromatic heterocycles. The predicted octanol–water partition coefficient (Wildman–Crippen LogP) is 3.73. The summed E-state index contributed by atoms with van der Waals surface area (Å²) < 4.78 is 5.72. The van der Waals surface area contributed by atoms with Crippen LogP contribution in [0, 0.1) is 5.92 Å². The SMILES string of the molecule is CC(C)Oc1cccc(C(C)NC(=O)N(C)CC2CCCCC2O)c1. The number of amides is 2.